The molecule has 1 N–H and O–H groups in total. The summed E-state index contributed by atoms with van der Waals surface area (Å²) >= 11 is 1.49. The van der Waals surface area contributed by atoms with Crippen LogP contribution in [-0.4, -0.2) is 53.8 Å². The average molecular weight is 586 g/mol. The molecule has 1 aromatic heterocycles. The van der Waals surface area contributed by atoms with Gasteiger partial charge in [-0.1, -0.05) is 86.4 Å². The fourth-order valence-electron chi connectivity index (χ4n) is 4.57. The van der Waals surface area contributed by atoms with Gasteiger partial charge in [0.05, 0.1) is 11.3 Å². The maximum atomic E-state index is 14.0. The van der Waals surface area contributed by atoms with Crippen LogP contribution in [0.25, 0.3) is 6.08 Å². The molecule has 10 heteroatoms. The van der Waals surface area contributed by atoms with E-state index in [1.165, 1.54) is 16.7 Å². The fraction of sp³-hybridized carbons (Fsp3) is 0.226. The first-order valence-corrected chi connectivity index (χ1v) is 17.8. The van der Waals surface area contributed by atoms with Crippen molar-refractivity contribution in [1.82, 2.24) is 14.9 Å². The third kappa shape index (κ3) is 6.61. The van der Waals surface area contributed by atoms with Crippen LogP contribution in [0.1, 0.15) is 22.9 Å². The van der Waals surface area contributed by atoms with Crippen LogP contribution < -0.4 is 4.98 Å². The SMILES string of the molecule is C[Si](C)(C)NC(=O)OCC1=C(C(=O)OC(c2ccccc2)c2ccccc2)N2C(=O)/C(=C/c3ccccn3)[C@H]2SC1. The molecule has 0 unspecified atom stereocenters. The number of aromatic nitrogens is 1. The van der Waals surface area contributed by atoms with E-state index in [0.29, 0.717) is 22.6 Å². The summed E-state index contributed by atoms with van der Waals surface area (Å²) < 4.78 is 11.7. The van der Waals surface area contributed by atoms with Crippen LogP contribution in [0, 0.1) is 0 Å². The van der Waals surface area contributed by atoms with E-state index in [-0.39, 0.29) is 23.6 Å². The molecule has 2 amide bonds. The quantitative estimate of drug-likeness (QED) is 0.161. The molecule has 41 heavy (non-hydrogen) atoms. The summed E-state index contributed by atoms with van der Waals surface area (Å²) in [5.74, 6) is -0.567. The summed E-state index contributed by atoms with van der Waals surface area (Å²) in [6.45, 7) is 5.82. The molecule has 2 aliphatic rings. The van der Waals surface area contributed by atoms with Gasteiger partial charge in [-0.05, 0) is 29.3 Å². The molecule has 0 aliphatic carbocycles. The molecule has 1 fully saturated rings. The van der Waals surface area contributed by atoms with Gasteiger partial charge in [-0.3, -0.25) is 14.7 Å². The smallest absolute Gasteiger partial charge is 0.399 e. The van der Waals surface area contributed by atoms with Gasteiger partial charge in [-0.15, -0.1) is 11.8 Å². The van der Waals surface area contributed by atoms with Gasteiger partial charge in [0.25, 0.3) is 5.91 Å². The number of hydrogen-bond donors (Lipinski definition) is 1. The standard InChI is InChI=1S/C31H31N3O5SSi/c1-41(2,3)33-31(37)38-19-23-20-40-29-25(18-24-16-10-11-17-32-24)28(35)34(29)26(23)30(36)39-27(21-12-6-4-7-13-21)22-14-8-5-9-15-22/h4-18,27,29H,19-20H2,1-3H3,(H,33,37)/b25-18-/t29-/m1/s1. The van der Waals surface area contributed by atoms with E-state index in [0.717, 1.165) is 11.1 Å². The first-order valence-electron chi connectivity index (χ1n) is 13.3. The molecule has 2 aromatic carbocycles. The minimum Gasteiger partial charge on any atom is -0.448 e. The molecule has 3 heterocycles. The number of thioether (sulfide) groups is 1. The van der Waals surface area contributed by atoms with Crippen molar-refractivity contribution >= 4 is 44.0 Å². The Morgan fingerprint density at radius 2 is 1.66 bits per heavy atom. The van der Waals surface area contributed by atoms with Crippen LogP contribution in [-0.2, 0) is 19.1 Å². The Bertz CT molecular complexity index is 1450. The summed E-state index contributed by atoms with van der Waals surface area (Å²) in [7, 11) is -1.93. The molecule has 3 aromatic rings. The molecule has 1 atom stereocenters. The van der Waals surface area contributed by atoms with E-state index >= 15 is 0 Å². The molecule has 2 aliphatic heterocycles. The summed E-state index contributed by atoms with van der Waals surface area (Å²) in [4.78, 5) is 48.6. The van der Waals surface area contributed by atoms with Gasteiger partial charge in [-0.25, -0.2) is 9.59 Å². The number of β-lactam (4-membered cyclic amide) rings is 1. The lowest BCUT2D eigenvalue weighted by molar-refractivity contribution is -0.149. The lowest BCUT2D eigenvalue weighted by Gasteiger charge is -2.46. The fourth-order valence-corrected chi connectivity index (χ4v) is 6.54. The molecular formula is C31H31N3O5SSi. The number of pyridine rings is 1. The second kappa shape index (κ2) is 12.2. The highest BCUT2D eigenvalue weighted by Crippen LogP contribution is 2.45. The number of carbonyl (C=O) groups is 3. The zero-order valence-corrected chi connectivity index (χ0v) is 24.9. The summed E-state index contributed by atoms with van der Waals surface area (Å²) in [6.07, 6.45) is 2.17. The van der Waals surface area contributed by atoms with Gasteiger partial charge in [0.1, 0.15) is 17.7 Å². The Morgan fingerprint density at radius 1 is 1.02 bits per heavy atom. The van der Waals surface area contributed by atoms with E-state index in [9.17, 15) is 14.4 Å². The van der Waals surface area contributed by atoms with Crippen LogP contribution in [0.5, 0.6) is 0 Å². The van der Waals surface area contributed by atoms with E-state index in [4.69, 9.17) is 9.47 Å². The number of amides is 2. The number of nitrogens with one attached hydrogen (secondary N) is 1. The van der Waals surface area contributed by atoms with Crippen LogP contribution >= 0.6 is 11.8 Å². The van der Waals surface area contributed by atoms with Crippen molar-refractivity contribution in [1.29, 1.82) is 0 Å². The lowest BCUT2D eigenvalue weighted by Crippen LogP contribution is -2.56. The monoisotopic (exact) mass is 585 g/mol. The highest BCUT2D eigenvalue weighted by atomic mass is 32.2. The largest absolute Gasteiger partial charge is 0.448 e. The second-order valence-electron chi connectivity index (χ2n) is 10.7. The van der Waals surface area contributed by atoms with Crippen LogP contribution in [0.4, 0.5) is 4.79 Å². The third-order valence-corrected chi connectivity index (χ3v) is 8.68. The zero-order chi connectivity index (χ0) is 29.0. The first-order chi connectivity index (χ1) is 19.7. The Hall–Kier alpha value is -4.15. The highest BCUT2D eigenvalue weighted by molar-refractivity contribution is 8.00. The Labute approximate surface area is 244 Å². The van der Waals surface area contributed by atoms with Gasteiger partial charge >= 0.3 is 12.1 Å². The Kier molecular flexibility index (Phi) is 8.41. The topological polar surface area (TPSA) is 97.8 Å². The van der Waals surface area contributed by atoms with Crippen molar-refractivity contribution in [2.75, 3.05) is 12.4 Å². The predicted molar refractivity (Wildman–Crippen MR) is 161 cm³/mol. The number of hydrogen-bond acceptors (Lipinski definition) is 7. The maximum absolute atomic E-state index is 14.0. The number of esters is 1. The average Bonchev–Trinajstić information content (AvgIpc) is 2.97. The van der Waals surface area contributed by atoms with Gasteiger partial charge in [0.2, 0.25) is 0 Å². The number of nitrogens with zero attached hydrogens (tertiary/aromatic N) is 2. The van der Waals surface area contributed by atoms with Gasteiger partial charge in [-0.2, -0.15) is 0 Å². The van der Waals surface area contributed by atoms with Crippen LogP contribution in [0.3, 0.4) is 0 Å². The number of rotatable bonds is 8. The summed E-state index contributed by atoms with van der Waals surface area (Å²) in [5, 5.41) is -0.376. The molecule has 1 saturated heterocycles. The van der Waals surface area contributed by atoms with Gasteiger partial charge in [0, 0.05) is 17.5 Å². The van der Waals surface area contributed by atoms with Crippen molar-refractivity contribution in [3.8, 4) is 0 Å². The van der Waals surface area contributed by atoms with Gasteiger partial charge < -0.3 is 14.5 Å². The van der Waals surface area contributed by atoms with Crippen molar-refractivity contribution in [3.05, 3.63) is 119 Å². The molecule has 0 saturated carbocycles. The van der Waals surface area contributed by atoms with Gasteiger partial charge in [0.15, 0.2) is 14.3 Å². The summed E-state index contributed by atoms with van der Waals surface area (Å²) in [6, 6.07) is 24.4. The molecule has 0 radical (unpaired) electrons. The van der Waals surface area contributed by atoms with Crippen molar-refractivity contribution in [2.24, 2.45) is 0 Å². The normalized spacial score (nSPS) is 17.7. The van der Waals surface area contributed by atoms with Crippen LogP contribution in [0.15, 0.2) is 102 Å². The van der Waals surface area contributed by atoms with E-state index < -0.39 is 26.4 Å². The molecule has 210 valence electrons. The second-order valence-corrected chi connectivity index (χ2v) is 16.5. The maximum Gasteiger partial charge on any atom is 0.399 e. The minimum atomic E-state index is -1.93. The number of fused-ring (bicyclic) bond motifs is 1. The number of ether oxygens (including phenoxy) is 2. The van der Waals surface area contributed by atoms with Crippen molar-refractivity contribution < 1.29 is 23.9 Å². The van der Waals surface area contributed by atoms with E-state index in [1.807, 2.05) is 98.5 Å². The Balaban J connectivity index is 1.47. The highest BCUT2D eigenvalue weighted by Gasteiger charge is 2.50. The van der Waals surface area contributed by atoms with Crippen molar-refractivity contribution in [3.63, 3.8) is 0 Å². The number of benzene rings is 2. The third-order valence-electron chi connectivity index (χ3n) is 6.43. The first kappa shape index (κ1) is 28.4. The minimum absolute atomic E-state index is 0.120. The van der Waals surface area contributed by atoms with Crippen LogP contribution in [0.2, 0.25) is 19.6 Å². The lowest BCUT2D eigenvalue weighted by atomic mass is 10.00. The molecule has 8 nitrogen and oxygen atoms in total. The molecule has 0 spiro atoms. The summed E-state index contributed by atoms with van der Waals surface area (Å²) in [5.41, 5.74) is 3.45. The predicted octanol–water partition coefficient (Wildman–Crippen LogP) is 5.53. The van der Waals surface area contributed by atoms with Crippen molar-refractivity contribution in [2.45, 2.75) is 31.1 Å². The molecular weight excluding hydrogens is 555 g/mol. The molecule has 0 bridgehead atoms. The van der Waals surface area contributed by atoms with E-state index in [2.05, 4.69) is 9.97 Å². The Morgan fingerprint density at radius 3 is 2.24 bits per heavy atom. The zero-order valence-electron chi connectivity index (χ0n) is 23.1. The molecule has 5 rings (SSSR count). The number of carbonyl (C=O) groups excluding carboxylic acids is 3. The van der Waals surface area contributed by atoms with E-state index in [1.54, 1.807) is 12.3 Å².